The quantitative estimate of drug-likeness (QED) is 0.746. The molecule has 0 bridgehead atoms. The molecule has 2 rings (SSSR count). The lowest BCUT2D eigenvalue weighted by atomic mass is 10.2. The number of methoxy groups -OCH3 is 1. The normalized spacial score (nSPS) is 20.8. The van der Waals surface area contributed by atoms with Crippen LogP contribution in [0, 0.1) is 13.8 Å². The van der Waals surface area contributed by atoms with Crippen molar-refractivity contribution in [2.24, 2.45) is 0 Å². The fraction of sp³-hybridized carbons (Fsp3) is 0.667. The van der Waals surface area contributed by atoms with E-state index in [1.807, 2.05) is 13.8 Å². The van der Waals surface area contributed by atoms with E-state index in [0.717, 1.165) is 30.8 Å². The van der Waals surface area contributed by atoms with Gasteiger partial charge in [-0.05, 0) is 33.2 Å². The molecule has 1 aromatic heterocycles. The van der Waals surface area contributed by atoms with Crippen molar-refractivity contribution in [3.63, 3.8) is 0 Å². The number of likely N-dealkylation sites (tertiary alicyclic amines) is 1. The smallest absolute Gasteiger partial charge is 0.323 e. The van der Waals surface area contributed by atoms with Crippen LogP contribution in [0.4, 0.5) is 0 Å². The van der Waals surface area contributed by atoms with Crippen molar-refractivity contribution in [1.29, 1.82) is 0 Å². The fourth-order valence-corrected chi connectivity index (χ4v) is 2.20. The van der Waals surface area contributed by atoms with Gasteiger partial charge >= 0.3 is 5.97 Å². The van der Waals surface area contributed by atoms with Gasteiger partial charge < -0.3 is 9.15 Å². The minimum absolute atomic E-state index is 0.146. The van der Waals surface area contributed by atoms with Gasteiger partial charge in [0.05, 0.1) is 19.3 Å². The average molecular weight is 238 g/mol. The second kappa shape index (κ2) is 4.87. The van der Waals surface area contributed by atoms with Crippen LogP contribution in [0.5, 0.6) is 0 Å². The molecular weight excluding hydrogens is 220 g/mol. The number of hydrogen-bond acceptors (Lipinski definition) is 5. The van der Waals surface area contributed by atoms with Crippen molar-refractivity contribution in [3.8, 4) is 0 Å². The maximum absolute atomic E-state index is 11.6. The summed E-state index contributed by atoms with van der Waals surface area (Å²) in [6.07, 6.45) is 1.86. The van der Waals surface area contributed by atoms with E-state index in [4.69, 9.17) is 9.15 Å². The number of aromatic nitrogens is 1. The lowest BCUT2D eigenvalue weighted by Crippen LogP contribution is -2.36. The van der Waals surface area contributed by atoms with Gasteiger partial charge in [0.1, 0.15) is 11.8 Å². The van der Waals surface area contributed by atoms with E-state index < -0.39 is 0 Å². The lowest BCUT2D eigenvalue weighted by molar-refractivity contribution is -0.146. The number of nitrogens with zero attached hydrogens (tertiary/aromatic N) is 2. The van der Waals surface area contributed by atoms with E-state index in [1.54, 1.807) is 0 Å². The van der Waals surface area contributed by atoms with Crippen molar-refractivity contribution in [3.05, 3.63) is 17.3 Å². The molecule has 0 aromatic carbocycles. The predicted molar refractivity (Wildman–Crippen MR) is 61.4 cm³/mol. The lowest BCUT2D eigenvalue weighted by Gasteiger charge is -2.20. The van der Waals surface area contributed by atoms with Crippen LogP contribution in [0.15, 0.2) is 4.42 Å². The summed E-state index contributed by atoms with van der Waals surface area (Å²) in [5, 5.41) is 0. The Hall–Kier alpha value is -1.36. The van der Waals surface area contributed by atoms with Gasteiger partial charge in [0.15, 0.2) is 0 Å². The summed E-state index contributed by atoms with van der Waals surface area (Å²) in [4.78, 5) is 18.0. The Kier molecular flexibility index (Phi) is 3.47. The fourth-order valence-electron chi connectivity index (χ4n) is 2.20. The first-order chi connectivity index (χ1) is 8.11. The summed E-state index contributed by atoms with van der Waals surface area (Å²) < 4.78 is 10.3. The molecule has 5 nitrogen and oxygen atoms in total. The Labute approximate surface area is 101 Å². The molecule has 1 fully saturated rings. The predicted octanol–water partition coefficient (Wildman–Crippen LogP) is 1.43. The van der Waals surface area contributed by atoms with E-state index in [1.165, 1.54) is 7.11 Å². The standard InChI is InChI=1S/C12H18N2O3/c1-8-9(2)17-11(13-8)7-14-6-4-5-10(14)12(15)16-3/h10H,4-7H2,1-3H3. The molecule has 0 spiro atoms. The first-order valence-electron chi connectivity index (χ1n) is 5.86. The number of carbonyl (C=O) groups excluding carboxylic acids is 1. The monoisotopic (exact) mass is 238 g/mol. The second-order valence-electron chi connectivity index (χ2n) is 4.40. The Morgan fingerprint density at radius 1 is 1.59 bits per heavy atom. The van der Waals surface area contributed by atoms with Crippen molar-refractivity contribution < 1.29 is 13.9 Å². The van der Waals surface area contributed by atoms with E-state index in [9.17, 15) is 4.79 Å². The molecule has 0 aliphatic carbocycles. The Morgan fingerprint density at radius 2 is 2.35 bits per heavy atom. The molecule has 0 N–H and O–H groups in total. The summed E-state index contributed by atoms with van der Waals surface area (Å²) in [6, 6.07) is -0.146. The van der Waals surface area contributed by atoms with E-state index in [2.05, 4.69) is 9.88 Å². The van der Waals surface area contributed by atoms with Gasteiger partial charge in [0, 0.05) is 0 Å². The van der Waals surface area contributed by atoms with Crippen LogP contribution in [0.3, 0.4) is 0 Å². The number of esters is 1. The molecule has 0 saturated carbocycles. The number of hydrogen-bond donors (Lipinski definition) is 0. The van der Waals surface area contributed by atoms with E-state index in [0.29, 0.717) is 12.4 Å². The van der Waals surface area contributed by atoms with Crippen LogP contribution < -0.4 is 0 Å². The van der Waals surface area contributed by atoms with Crippen LogP contribution in [0.1, 0.15) is 30.2 Å². The SMILES string of the molecule is COC(=O)C1CCCN1Cc1nc(C)c(C)o1. The number of rotatable bonds is 3. The first-order valence-corrected chi connectivity index (χ1v) is 5.86. The highest BCUT2D eigenvalue weighted by atomic mass is 16.5. The number of carbonyl (C=O) groups is 1. The molecule has 1 aliphatic rings. The molecule has 1 unspecified atom stereocenters. The Morgan fingerprint density at radius 3 is 2.94 bits per heavy atom. The zero-order valence-corrected chi connectivity index (χ0v) is 10.5. The van der Waals surface area contributed by atoms with Gasteiger partial charge in [-0.1, -0.05) is 0 Å². The van der Waals surface area contributed by atoms with E-state index in [-0.39, 0.29) is 12.0 Å². The summed E-state index contributed by atoms with van der Waals surface area (Å²) in [5.74, 6) is 1.35. The summed E-state index contributed by atoms with van der Waals surface area (Å²) in [5.41, 5.74) is 0.911. The van der Waals surface area contributed by atoms with Crippen molar-refractivity contribution >= 4 is 5.97 Å². The van der Waals surface area contributed by atoms with Gasteiger partial charge in [-0.15, -0.1) is 0 Å². The molecule has 94 valence electrons. The number of ether oxygens (including phenoxy) is 1. The van der Waals surface area contributed by atoms with Crippen LogP contribution in [-0.4, -0.2) is 35.5 Å². The minimum Gasteiger partial charge on any atom is -0.468 e. The van der Waals surface area contributed by atoms with Crippen LogP contribution in [-0.2, 0) is 16.1 Å². The summed E-state index contributed by atoms with van der Waals surface area (Å²) >= 11 is 0. The van der Waals surface area contributed by atoms with Crippen LogP contribution in [0.2, 0.25) is 0 Å². The highest BCUT2D eigenvalue weighted by Gasteiger charge is 2.32. The van der Waals surface area contributed by atoms with Crippen molar-refractivity contribution in [2.45, 2.75) is 39.3 Å². The third kappa shape index (κ3) is 2.49. The maximum atomic E-state index is 11.6. The molecule has 2 heterocycles. The van der Waals surface area contributed by atoms with Crippen molar-refractivity contribution in [2.75, 3.05) is 13.7 Å². The average Bonchev–Trinajstić information content (AvgIpc) is 2.86. The Balaban J connectivity index is 2.05. The van der Waals surface area contributed by atoms with Gasteiger partial charge in [-0.25, -0.2) is 4.98 Å². The second-order valence-corrected chi connectivity index (χ2v) is 4.40. The third-order valence-electron chi connectivity index (χ3n) is 3.25. The van der Waals surface area contributed by atoms with Gasteiger partial charge in [0.2, 0.25) is 5.89 Å². The molecule has 1 aliphatic heterocycles. The zero-order chi connectivity index (χ0) is 12.4. The zero-order valence-electron chi connectivity index (χ0n) is 10.5. The van der Waals surface area contributed by atoms with Gasteiger partial charge in [-0.3, -0.25) is 9.69 Å². The third-order valence-corrected chi connectivity index (χ3v) is 3.25. The Bertz CT molecular complexity index is 394. The maximum Gasteiger partial charge on any atom is 0.323 e. The molecule has 1 atom stereocenters. The van der Waals surface area contributed by atoms with Gasteiger partial charge in [-0.2, -0.15) is 0 Å². The van der Waals surface area contributed by atoms with Crippen LogP contribution in [0.25, 0.3) is 0 Å². The molecule has 0 amide bonds. The highest BCUT2D eigenvalue weighted by molar-refractivity contribution is 5.75. The molecule has 5 heteroatoms. The minimum atomic E-state index is -0.164. The van der Waals surface area contributed by atoms with E-state index >= 15 is 0 Å². The largest absolute Gasteiger partial charge is 0.468 e. The molecule has 1 aromatic rings. The molecular formula is C12H18N2O3. The highest BCUT2D eigenvalue weighted by Crippen LogP contribution is 2.21. The molecule has 0 radical (unpaired) electrons. The summed E-state index contributed by atoms with van der Waals surface area (Å²) in [6.45, 7) is 5.28. The molecule has 17 heavy (non-hydrogen) atoms. The number of oxazole rings is 1. The summed E-state index contributed by atoms with van der Waals surface area (Å²) in [7, 11) is 1.43. The van der Waals surface area contributed by atoms with Gasteiger partial charge in [0.25, 0.3) is 0 Å². The van der Waals surface area contributed by atoms with Crippen LogP contribution >= 0.6 is 0 Å². The molecule has 1 saturated heterocycles. The topological polar surface area (TPSA) is 55.6 Å². The van der Waals surface area contributed by atoms with Crippen molar-refractivity contribution in [1.82, 2.24) is 9.88 Å². The number of aryl methyl sites for hydroxylation is 2. The first kappa shape index (κ1) is 12.1.